The number of carboxylic acid groups (broad SMARTS) is 1. The Morgan fingerprint density at radius 3 is 1.96 bits per heavy atom. The maximum atomic E-state index is 10.4. The summed E-state index contributed by atoms with van der Waals surface area (Å²) in [7, 11) is 0. The second kappa shape index (κ2) is 13.1. The van der Waals surface area contributed by atoms with Crippen LogP contribution in [0.15, 0.2) is 48.7 Å². The first-order chi connectivity index (χ1) is 13.7. The third-order valence-corrected chi connectivity index (χ3v) is 5.48. The number of pyridine rings is 1. The molecule has 0 aliphatic heterocycles. The van der Waals surface area contributed by atoms with Crippen LogP contribution in [0, 0.1) is 6.92 Å². The molecule has 0 fully saturated rings. The average Bonchev–Trinajstić information content (AvgIpc) is 2.70. The van der Waals surface area contributed by atoms with Crippen molar-refractivity contribution < 1.29 is 14.5 Å². The summed E-state index contributed by atoms with van der Waals surface area (Å²) in [4.78, 5) is 10.4. The molecule has 3 nitrogen and oxygen atoms in total. The van der Waals surface area contributed by atoms with Crippen molar-refractivity contribution in [1.29, 1.82) is 0 Å². The molecule has 1 heterocycles. The number of benzene rings is 1. The molecule has 1 aromatic heterocycles. The Kier molecular flexibility index (Phi) is 10.3. The maximum Gasteiger partial charge on any atom is 0.303 e. The summed E-state index contributed by atoms with van der Waals surface area (Å²) in [5, 5.41) is 8.61. The van der Waals surface area contributed by atoms with E-state index in [1.807, 2.05) is 0 Å². The Bertz CT molecular complexity index is 697. The largest absolute Gasteiger partial charge is 0.481 e. The molecule has 2 rings (SSSR count). The SMILES string of the molecule is Cc1c(CCCCCCCCCCCCC(=O)O)ccc[n+]1-c1ccccc1. The van der Waals surface area contributed by atoms with Crippen molar-refractivity contribution in [2.24, 2.45) is 0 Å². The van der Waals surface area contributed by atoms with Gasteiger partial charge in [-0.2, -0.15) is 4.57 Å². The highest BCUT2D eigenvalue weighted by Gasteiger charge is 2.13. The van der Waals surface area contributed by atoms with Gasteiger partial charge in [0.05, 0.1) is 0 Å². The molecule has 0 radical (unpaired) electrons. The van der Waals surface area contributed by atoms with Crippen LogP contribution in [0.1, 0.15) is 81.9 Å². The highest BCUT2D eigenvalue weighted by molar-refractivity contribution is 5.66. The van der Waals surface area contributed by atoms with E-state index in [1.54, 1.807) is 0 Å². The lowest BCUT2D eigenvalue weighted by Crippen LogP contribution is -2.34. The van der Waals surface area contributed by atoms with Crippen LogP contribution in [0.5, 0.6) is 0 Å². The van der Waals surface area contributed by atoms with Gasteiger partial charge in [-0.3, -0.25) is 4.79 Å². The second-order valence-corrected chi connectivity index (χ2v) is 7.75. The van der Waals surface area contributed by atoms with Gasteiger partial charge in [0.15, 0.2) is 11.9 Å². The van der Waals surface area contributed by atoms with Gasteiger partial charge >= 0.3 is 5.97 Å². The molecule has 152 valence electrons. The van der Waals surface area contributed by atoms with Gasteiger partial charge in [0.25, 0.3) is 0 Å². The molecule has 0 saturated carbocycles. The third-order valence-electron chi connectivity index (χ3n) is 5.48. The third kappa shape index (κ3) is 8.24. The van der Waals surface area contributed by atoms with E-state index in [-0.39, 0.29) is 0 Å². The lowest BCUT2D eigenvalue weighted by Gasteiger charge is -2.06. The average molecular weight is 383 g/mol. The molecule has 0 bridgehead atoms. The van der Waals surface area contributed by atoms with Gasteiger partial charge in [-0.05, 0) is 25.3 Å². The monoisotopic (exact) mass is 382 g/mol. The van der Waals surface area contributed by atoms with Crippen molar-refractivity contribution in [1.82, 2.24) is 0 Å². The summed E-state index contributed by atoms with van der Waals surface area (Å²) in [6, 6.07) is 15.0. The van der Waals surface area contributed by atoms with E-state index >= 15 is 0 Å². The van der Waals surface area contributed by atoms with E-state index in [0.717, 1.165) is 19.3 Å². The lowest BCUT2D eigenvalue weighted by atomic mass is 10.0. The lowest BCUT2D eigenvalue weighted by molar-refractivity contribution is -0.603. The summed E-state index contributed by atoms with van der Waals surface area (Å²) in [5.74, 6) is -0.666. The fourth-order valence-electron chi connectivity index (χ4n) is 3.77. The van der Waals surface area contributed by atoms with Gasteiger partial charge in [-0.1, -0.05) is 69.6 Å². The van der Waals surface area contributed by atoms with Crippen molar-refractivity contribution in [3.8, 4) is 5.69 Å². The molecular formula is C25H36NO2+. The topological polar surface area (TPSA) is 41.2 Å². The summed E-state index contributed by atoms with van der Waals surface area (Å²) in [5.41, 5.74) is 4.02. The van der Waals surface area contributed by atoms with E-state index in [1.165, 1.54) is 68.3 Å². The van der Waals surface area contributed by atoms with Crippen molar-refractivity contribution in [3.05, 3.63) is 59.9 Å². The number of nitrogens with zero attached hydrogens (tertiary/aromatic N) is 1. The van der Waals surface area contributed by atoms with E-state index in [4.69, 9.17) is 5.11 Å². The molecule has 0 unspecified atom stereocenters. The van der Waals surface area contributed by atoms with Crippen LogP contribution >= 0.6 is 0 Å². The minimum absolute atomic E-state index is 0.326. The molecule has 1 N–H and O–H groups in total. The van der Waals surface area contributed by atoms with Crippen molar-refractivity contribution in [2.45, 2.75) is 84.0 Å². The number of para-hydroxylation sites is 1. The van der Waals surface area contributed by atoms with Gasteiger partial charge in [0.1, 0.15) is 0 Å². The van der Waals surface area contributed by atoms with Crippen LogP contribution in [0.2, 0.25) is 0 Å². The number of hydrogen-bond acceptors (Lipinski definition) is 1. The number of unbranched alkanes of at least 4 members (excludes halogenated alkanes) is 9. The highest BCUT2D eigenvalue weighted by Crippen LogP contribution is 2.14. The van der Waals surface area contributed by atoms with Gasteiger partial charge in [0, 0.05) is 37.1 Å². The zero-order valence-corrected chi connectivity index (χ0v) is 17.4. The Morgan fingerprint density at radius 2 is 1.36 bits per heavy atom. The van der Waals surface area contributed by atoms with E-state index in [2.05, 4.69) is 60.2 Å². The molecular weight excluding hydrogens is 346 g/mol. The molecule has 0 aliphatic carbocycles. The first-order valence-corrected chi connectivity index (χ1v) is 11.0. The van der Waals surface area contributed by atoms with Crippen molar-refractivity contribution >= 4 is 5.97 Å². The predicted octanol–water partition coefficient (Wildman–Crippen LogP) is 6.19. The number of aliphatic carboxylic acids is 1. The Balaban J connectivity index is 1.56. The molecule has 2 aromatic rings. The molecule has 3 heteroatoms. The first-order valence-electron chi connectivity index (χ1n) is 11.0. The number of carbonyl (C=O) groups is 1. The number of hydrogen-bond donors (Lipinski definition) is 1. The van der Waals surface area contributed by atoms with E-state index in [9.17, 15) is 4.79 Å². The van der Waals surface area contributed by atoms with Crippen LogP contribution in [-0.2, 0) is 11.2 Å². The van der Waals surface area contributed by atoms with Crippen LogP contribution in [-0.4, -0.2) is 11.1 Å². The molecule has 0 amide bonds. The fourth-order valence-corrected chi connectivity index (χ4v) is 3.77. The molecule has 0 spiro atoms. The Labute approximate surface area is 170 Å². The second-order valence-electron chi connectivity index (χ2n) is 7.75. The van der Waals surface area contributed by atoms with Crippen molar-refractivity contribution in [2.75, 3.05) is 0 Å². The van der Waals surface area contributed by atoms with Crippen LogP contribution < -0.4 is 4.57 Å². The van der Waals surface area contributed by atoms with E-state index < -0.39 is 5.97 Å². The van der Waals surface area contributed by atoms with Gasteiger partial charge in [-0.25, -0.2) is 0 Å². The number of aryl methyl sites for hydroxylation is 1. The van der Waals surface area contributed by atoms with Gasteiger partial charge < -0.3 is 5.11 Å². The van der Waals surface area contributed by atoms with Crippen molar-refractivity contribution in [3.63, 3.8) is 0 Å². The number of rotatable bonds is 14. The standard InChI is InChI=1S/C25H35NO2/c1-22-23(17-15-21-26(22)24-18-12-10-13-19-24)16-11-8-6-4-2-3-5-7-9-14-20-25(27)28/h10,12-13,15,17-19,21H,2-9,11,14,16,20H2,1H3/p+1. The quantitative estimate of drug-likeness (QED) is 0.313. The fraction of sp³-hybridized carbons (Fsp3) is 0.520. The number of aromatic nitrogens is 1. The minimum atomic E-state index is -0.666. The molecule has 28 heavy (non-hydrogen) atoms. The minimum Gasteiger partial charge on any atom is -0.481 e. The van der Waals surface area contributed by atoms with E-state index in [0.29, 0.717) is 6.42 Å². The smallest absolute Gasteiger partial charge is 0.303 e. The molecule has 0 aliphatic rings. The highest BCUT2D eigenvalue weighted by atomic mass is 16.4. The maximum absolute atomic E-state index is 10.4. The summed E-state index contributed by atoms with van der Waals surface area (Å²) < 4.78 is 2.28. The van der Waals surface area contributed by atoms with Crippen LogP contribution in [0.3, 0.4) is 0 Å². The van der Waals surface area contributed by atoms with Gasteiger partial charge in [-0.15, -0.1) is 0 Å². The zero-order chi connectivity index (χ0) is 20.0. The molecule has 0 atom stereocenters. The normalized spacial score (nSPS) is 10.9. The molecule has 0 saturated heterocycles. The summed E-state index contributed by atoms with van der Waals surface area (Å²) >= 11 is 0. The van der Waals surface area contributed by atoms with Gasteiger partial charge in [0.2, 0.25) is 5.69 Å². The van der Waals surface area contributed by atoms with Crippen LogP contribution in [0.25, 0.3) is 5.69 Å². The summed E-state index contributed by atoms with van der Waals surface area (Å²) in [6.45, 7) is 2.22. The van der Waals surface area contributed by atoms with Crippen LogP contribution in [0.4, 0.5) is 0 Å². The zero-order valence-electron chi connectivity index (χ0n) is 17.4. The molecule has 1 aromatic carbocycles. The number of carboxylic acids is 1. The Morgan fingerprint density at radius 1 is 0.786 bits per heavy atom. The Hall–Kier alpha value is -2.16. The predicted molar refractivity (Wildman–Crippen MR) is 115 cm³/mol. The first kappa shape index (κ1) is 22.1. The summed E-state index contributed by atoms with van der Waals surface area (Å²) in [6.07, 6.45) is 15.8.